The first-order chi connectivity index (χ1) is 18.6. The molecule has 4 aliphatic rings. The average Bonchev–Trinajstić information content (AvgIpc) is 3.48. The Bertz CT molecular complexity index is 1350. The van der Waals surface area contributed by atoms with Gasteiger partial charge in [0, 0.05) is 36.8 Å². The maximum atomic E-state index is 13.7. The fraction of sp³-hybridized carbons (Fsp3) is 0.567. The van der Waals surface area contributed by atoms with Crippen molar-refractivity contribution in [2.75, 3.05) is 5.75 Å². The predicted molar refractivity (Wildman–Crippen MR) is 152 cm³/mol. The molecule has 2 aromatic rings. The summed E-state index contributed by atoms with van der Waals surface area (Å²) >= 11 is 3.20. The highest BCUT2D eigenvalue weighted by molar-refractivity contribution is 8.01. The summed E-state index contributed by atoms with van der Waals surface area (Å²) in [7, 11) is 0. The van der Waals surface area contributed by atoms with E-state index < -0.39 is 5.91 Å². The molecule has 6 unspecified atom stereocenters. The minimum absolute atomic E-state index is 0.0182. The Morgan fingerprint density at radius 2 is 1.87 bits per heavy atom. The van der Waals surface area contributed by atoms with Gasteiger partial charge in [0.25, 0.3) is 5.91 Å². The van der Waals surface area contributed by atoms with Gasteiger partial charge in [0.15, 0.2) is 10.1 Å². The summed E-state index contributed by atoms with van der Waals surface area (Å²) < 4.78 is 2.10. The van der Waals surface area contributed by atoms with Gasteiger partial charge in [-0.2, -0.15) is 0 Å². The maximum Gasteiger partial charge on any atom is 0.283 e. The summed E-state index contributed by atoms with van der Waals surface area (Å²) in [5, 5.41) is 2.00. The number of nitroso groups, excluding NO2 is 1. The summed E-state index contributed by atoms with van der Waals surface area (Å²) in [6.45, 7) is 5.56. The van der Waals surface area contributed by atoms with E-state index >= 15 is 0 Å². The van der Waals surface area contributed by atoms with E-state index in [1.807, 2.05) is 29.5 Å². The Labute approximate surface area is 236 Å². The summed E-state index contributed by atoms with van der Waals surface area (Å²) in [5.41, 5.74) is 1.80. The largest absolute Gasteiger partial charge is 0.299 e. The molecule has 9 heteroatoms. The number of thiazole rings is 1. The summed E-state index contributed by atoms with van der Waals surface area (Å²) in [4.78, 5) is 62.2. The molecule has 3 fully saturated rings. The summed E-state index contributed by atoms with van der Waals surface area (Å²) in [6.07, 6.45) is 7.56. The summed E-state index contributed by atoms with van der Waals surface area (Å²) in [5.74, 6) is 1.34. The van der Waals surface area contributed by atoms with Gasteiger partial charge in [-0.25, -0.2) is 4.98 Å². The first-order valence-corrected chi connectivity index (χ1v) is 15.5. The van der Waals surface area contributed by atoms with E-state index in [1.54, 1.807) is 23.1 Å². The van der Waals surface area contributed by atoms with Crippen LogP contribution < -0.4 is 0 Å². The van der Waals surface area contributed by atoms with Crippen molar-refractivity contribution < 1.29 is 19.2 Å². The minimum atomic E-state index is -0.676. The second kappa shape index (κ2) is 10.8. The van der Waals surface area contributed by atoms with Crippen molar-refractivity contribution in [3.05, 3.63) is 40.8 Å². The van der Waals surface area contributed by atoms with Gasteiger partial charge in [-0.1, -0.05) is 43.3 Å². The van der Waals surface area contributed by atoms with Crippen LogP contribution in [0.1, 0.15) is 65.7 Å². The lowest BCUT2D eigenvalue weighted by molar-refractivity contribution is -0.148. The number of para-hydroxylation sites is 1. The number of fused-ring (bicyclic) bond motifs is 6. The Hall–Kier alpha value is -2.52. The standard InChI is InChI=1S/C28H31NO3S2.C2H3NO2/c1-27-12-11-17(30)13-16(27)7-8-18-19-9-10-20(28(19,2)14-22(31)25(18)27)23(32)15-33-26-29-21-5-3-4-6-24(21)34-26;1-2(4)3-5/h3-6,13,18-20,25H,7-12,14-15H2,1-2H3;1H3. The van der Waals surface area contributed by atoms with Crippen molar-refractivity contribution in [2.24, 2.45) is 39.7 Å². The number of Topliss-reactive ketones (excluding diaryl/α,β-unsaturated/α-hetero) is 2. The molecule has 0 bridgehead atoms. The lowest BCUT2D eigenvalue weighted by Gasteiger charge is -2.56. The number of rotatable bonds is 4. The molecule has 39 heavy (non-hydrogen) atoms. The monoisotopic (exact) mass is 566 g/mol. The number of benzene rings is 1. The highest BCUT2D eigenvalue weighted by Gasteiger charge is 2.63. The van der Waals surface area contributed by atoms with E-state index in [4.69, 9.17) is 4.91 Å². The van der Waals surface area contributed by atoms with Gasteiger partial charge < -0.3 is 0 Å². The van der Waals surface area contributed by atoms with Gasteiger partial charge in [-0.15, -0.1) is 16.2 Å². The number of carbonyl (C=O) groups excluding carboxylic acids is 4. The normalized spacial score (nSPS) is 33.3. The van der Waals surface area contributed by atoms with Crippen molar-refractivity contribution in [1.29, 1.82) is 0 Å². The van der Waals surface area contributed by atoms with E-state index in [0.29, 0.717) is 36.2 Å². The number of nitrogens with zero attached hydrogens (tertiary/aromatic N) is 2. The number of aromatic nitrogens is 1. The predicted octanol–water partition coefficient (Wildman–Crippen LogP) is 6.58. The molecule has 3 saturated carbocycles. The molecule has 6 atom stereocenters. The first-order valence-electron chi connectivity index (χ1n) is 13.7. The zero-order valence-electron chi connectivity index (χ0n) is 22.6. The smallest absolute Gasteiger partial charge is 0.283 e. The number of carbonyl (C=O) groups is 4. The fourth-order valence-corrected chi connectivity index (χ4v) is 10.1. The molecule has 1 aromatic heterocycles. The fourth-order valence-electron chi connectivity index (χ4n) is 8.06. The van der Waals surface area contributed by atoms with Gasteiger partial charge in [-0.3, -0.25) is 19.2 Å². The van der Waals surface area contributed by atoms with E-state index in [-0.39, 0.29) is 34.2 Å². The van der Waals surface area contributed by atoms with Crippen molar-refractivity contribution in [3.8, 4) is 0 Å². The Morgan fingerprint density at radius 3 is 2.59 bits per heavy atom. The molecule has 1 amide bonds. The van der Waals surface area contributed by atoms with Crippen molar-refractivity contribution in [1.82, 2.24) is 4.98 Å². The van der Waals surface area contributed by atoms with Crippen molar-refractivity contribution >= 4 is 56.6 Å². The molecule has 0 radical (unpaired) electrons. The quantitative estimate of drug-likeness (QED) is 0.303. The molecular formula is C30H34N2O5S2. The van der Waals surface area contributed by atoms with Crippen LogP contribution in [0, 0.1) is 39.4 Å². The van der Waals surface area contributed by atoms with E-state index in [0.717, 1.165) is 53.6 Å². The van der Waals surface area contributed by atoms with E-state index in [1.165, 1.54) is 5.57 Å². The van der Waals surface area contributed by atoms with Crippen LogP contribution >= 0.6 is 23.1 Å². The van der Waals surface area contributed by atoms with Crippen LogP contribution in [0.25, 0.3) is 10.2 Å². The lowest BCUT2D eigenvalue weighted by Crippen LogP contribution is -2.55. The minimum Gasteiger partial charge on any atom is -0.299 e. The number of amides is 1. The molecule has 1 heterocycles. The zero-order chi connectivity index (χ0) is 27.9. The lowest BCUT2D eigenvalue weighted by atomic mass is 9.46. The third-order valence-corrected chi connectivity index (χ3v) is 12.0. The number of hydrogen-bond acceptors (Lipinski definition) is 8. The molecule has 0 saturated heterocycles. The molecule has 0 spiro atoms. The zero-order valence-corrected chi connectivity index (χ0v) is 24.2. The molecule has 0 N–H and O–H groups in total. The molecule has 7 nitrogen and oxygen atoms in total. The first kappa shape index (κ1) is 28.0. The SMILES string of the molecule is CC(=O)N=O.CC12CCC(=O)C=C1CCC1C2C(=O)CC2(C)C(C(=O)CSc3nc4ccccc4s3)CCC12. The van der Waals surface area contributed by atoms with Crippen LogP contribution in [-0.2, 0) is 19.2 Å². The number of ketones is 3. The third-order valence-electron chi connectivity index (χ3n) is 9.78. The van der Waals surface area contributed by atoms with Crippen LogP contribution in [0.2, 0.25) is 0 Å². The second-order valence-electron chi connectivity index (χ2n) is 11.9. The van der Waals surface area contributed by atoms with Crippen molar-refractivity contribution in [2.45, 2.75) is 70.1 Å². The summed E-state index contributed by atoms with van der Waals surface area (Å²) in [6, 6.07) is 8.09. The van der Waals surface area contributed by atoms with Crippen LogP contribution in [0.4, 0.5) is 0 Å². The molecule has 0 aliphatic heterocycles. The van der Waals surface area contributed by atoms with Gasteiger partial charge in [0.05, 0.1) is 16.0 Å². The van der Waals surface area contributed by atoms with Crippen LogP contribution in [0.15, 0.2) is 45.4 Å². The molecule has 1 aromatic carbocycles. The molecular weight excluding hydrogens is 532 g/mol. The average molecular weight is 567 g/mol. The third kappa shape index (κ3) is 5.08. The van der Waals surface area contributed by atoms with E-state index in [2.05, 4.69) is 24.9 Å². The maximum absolute atomic E-state index is 13.7. The Kier molecular flexibility index (Phi) is 7.76. The topological polar surface area (TPSA) is 111 Å². The van der Waals surface area contributed by atoms with Crippen LogP contribution in [-0.4, -0.2) is 34.0 Å². The van der Waals surface area contributed by atoms with Gasteiger partial charge >= 0.3 is 0 Å². The molecule has 206 valence electrons. The highest BCUT2D eigenvalue weighted by atomic mass is 32.2. The van der Waals surface area contributed by atoms with Gasteiger partial charge in [0.1, 0.15) is 11.6 Å². The van der Waals surface area contributed by atoms with Crippen molar-refractivity contribution in [3.63, 3.8) is 0 Å². The Balaban J connectivity index is 0.000000567. The molecule has 4 aliphatic carbocycles. The Morgan fingerprint density at radius 1 is 1.13 bits per heavy atom. The van der Waals surface area contributed by atoms with E-state index in [9.17, 15) is 19.2 Å². The second-order valence-corrected chi connectivity index (χ2v) is 14.2. The van der Waals surface area contributed by atoms with Crippen LogP contribution in [0.5, 0.6) is 0 Å². The number of hydrogen-bond donors (Lipinski definition) is 0. The highest BCUT2D eigenvalue weighted by Crippen LogP contribution is 2.65. The molecule has 6 rings (SSSR count). The van der Waals surface area contributed by atoms with Gasteiger partial charge in [-0.05, 0) is 73.0 Å². The van der Waals surface area contributed by atoms with Crippen LogP contribution in [0.3, 0.4) is 0 Å². The number of thioether (sulfide) groups is 1. The van der Waals surface area contributed by atoms with Gasteiger partial charge in [0.2, 0.25) is 0 Å². The number of allylic oxidation sites excluding steroid dienone is 1.